The molecule has 4 heterocycles. The highest BCUT2D eigenvalue weighted by Crippen LogP contribution is 2.35. The number of H-pyrrole nitrogens is 1. The summed E-state index contributed by atoms with van der Waals surface area (Å²) >= 11 is 6.40. The van der Waals surface area contributed by atoms with Crippen LogP contribution in [0.1, 0.15) is 36.2 Å². The van der Waals surface area contributed by atoms with Gasteiger partial charge in [-0.2, -0.15) is 5.10 Å². The number of nitrogens with one attached hydrogen (secondary N) is 3. The van der Waals surface area contributed by atoms with Crippen molar-refractivity contribution in [1.82, 2.24) is 30.2 Å². The Kier molecular flexibility index (Phi) is 3.60. The highest BCUT2D eigenvalue weighted by Gasteiger charge is 2.45. The van der Waals surface area contributed by atoms with Gasteiger partial charge in [-0.05, 0) is 31.7 Å². The van der Waals surface area contributed by atoms with Crippen LogP contribution in [0, 0.1) is 0 Å². The third-order valence-electron chi connectivity index (χ3n) is 5.54. The third-order valence-corrected chi connectivity index (χ3v) is 5.83. The second-order valence-electron chi connectivity index (χ2n) is 7.07. The number of anilines is 2. The molecule has 144 valence electrons. The van der Waals surface area contributed by atoms with Gasteiger partial charge in [0.25, 0.3) is 11.5 Å². The SMILES string of the molecule is CN1n2c(c(Cl)cc(Nc3ncnc4[nH]ncc34)c2=O)C(=O)NC12CCCC2. The molecule has 1 aliphatic heterocycles. The summed E-state index contributed by atoms with van der Waals surface area (Å²) in [5, 5.41) is 15.4. The summed E-state index contributed by atoms with van der Waals surface area (Å²) in [6.45, 7) is 0. The predicted octanol–water partition coefficient (Wildman–Crippen LogP) is 1.49. The van der Waals surface area contributed by atoms with Crippen molar-refractivity contribution < 1.29 is 4.79 Å². The molecule has 2 aliphatic rings. The van der Waals surface area contributed by atoms with Gasteiger partial charge in [-0.3, -0.25) is 19.7 Å². The summed E-state index contributed by atoms with van der Waals surface area (Å²) in [7, 11) is 1.80. The first-order valence-corrected chi connectivity index (χ1v) is 9.31. The zero-order valence-electron chi connectivity index (χ0n) is 15.0. The van der Waals surface area contributed by atoms with Gasteiger partial charge in [0.1, 0.15) is 29.2 Å². The molecule has 3 N–H and O–H groups in total. The van der Waals surface area contributed by atoms with Crippen molar-refractivity contribution in [3.63, 3.8) is 0 Å². The van der Waals surface area contributed by atoms with Crippen LogP contribution < -0.4 is 21.2 Å². The summed E-state index contributed by atoms with van der Waals surface area (Å²) in [5.74, 6) is 0.0823. The summed E-state index contributed by atoms with van der Waals surface area (Å²) in [5.41, 5.74) is -0.0535. The first-order chi connectivity index (χ1) is 13.5. The third kappa shape index (κ3) is 2.30. The summed E-state index contributed by atoms with van der Waals surface area (Å²) in [6, 6.07) is 1.45. The Morgan fingerprint density at radius 1 is 1.25 bits per heavy atom. The van der Waals surface area contributed by atoms with Crippen molar-refractivity contribution in [1.29, 1.82) is 0 Å². The minimum absolute atomic E-state index is 0.133. The van der Waals surface area contributed by atoms with Crippen LogP contribution in [-0.2, 0) is 0 Å². The van der Waals surface area contributed by atoms with Crippen molar-refractivity contribution in [3.05, 3.63) is 39.7 Å². The van der Waals surface area contributed by atoms with E-state index in [0.717, 1.165) is 25.7 Å². The number of carbonyl (C=O) groups is 1. The van der Waals surface area contributed by atoms with E-state index >= 15 is 0 Å². The van der Waals surface area contributed by atoms with E-state index in [1.54, 1.807) is 18.3 Å². The van der Waals surface area contributed by atoms with E-state index in [-0.39, 0.29) is 27.9 Å². The van der Waals surface area contributed by atoms with Gasteiger partial charge in [-0.15, -0.1) is 0 Å². The molecule has 11 heteroatoms. The molecule has 10 nitrogen and oxygen atoms in total. The van der Waals surface area contributed by atoms with Crippen LogP contribution in [0.3, 0.4) is 0 Å². The zero-order valence-corrected chi connectivity index (χ0v) is 15.7. The Morgan fingerprint density at radius 2 is 2.04 bits per heavy atom. The minimum atomic E-state index is -0.567. The molecule has 5 rings (SSSR count). The molecule has 1 saturated carbocycles. The Balaban J connectivity index is 1.65. The van der Waals surface area contributed by atoms with Gasteiger partial charge < -0.3 is 10.6 Å². The highest BCUT2D eigenvalue weighted by molar-refractivity contribution is 6.34. The first-order valence-electron chi connectivity index (χ1n) is 8.93. The van der Waals surface area contributed by atoms with E-state index in [2.05, 4.69) is 30.8 Å². The number of hydrogen-bond donors (Lipinski definition) is 3. The van der Waals surface area contributed by atoms with E-state index in [1.165, 1.54) is 17.1 Å². The molecule has 1 aliphatic carbocycles. The number of amides is 1. The number of halogens is 1. The minimum Gasteiger partial charge on any atom is -0.335 e. The van der Waals surface area contributed by atoms with Gasteiger partial charge in [0, 0.05) is 7.05 Å². The van der Waals surface area contributed by atoms with Crippen molar-refractivity contribution >= 4 is 40.0 Å². The molecule has 0 bridgehead atoms. The van der Waals surface area contributed by atoms with Crippen LogP contribution >= 0.6 is 11.6 Å². The lowest BCUT2D eigenvalue weighted by molar-refractivity contribution is 0.0830. The average molecular weight is 401 g/mol. The Labute approximate surface area is 163 Å². The van der Waals surface area contributed by atoms with Gasteiger partial charge in [0.2, 0.25) is 0 Å². The van der Waals surface area contributed by atoms with E-state index < -0.39 is 5.66 Å². The molecule has 0 unspecified atom stereocenters. The molecular formula is C17H17ClN8O2. The maximum absolute atomic E-state index is 13.3. The molecule has 1 fully saturated rings. The number of rotatable bonds is 2. The lowest BCUT2D eigenvalue weighted by Gasteiger charge is -2.45. The molecule has 3 aromatic heterocycles. The molecule has 0 aromatic carbocycles. The summed E-state index contributed by atoms with van der Waals surface area (Å²) in [6.07, 6.45) is 6.46. The highest BCUT2D eigenvalue weighted by atomic mass is 35.5. The zero-order chi connectivity index (χ0) is 19.5. The Hall–Kier alpha value is -3.14. The van der Waals surface area contributed by atoms with Crippen LogP contribution in [0.4, 0.5) is 11.5 Å². The standard InChI is InChI=1S/C17H17ClN8O2/c1-25-17(4-2-3-5-17)23-15(27)12-10(18)6-11(16(28)26(12)25)22-13-9-7-21-24-14(9)20-8-19-13/h6-8H,2-5H2,1H3,(H,23,27)(H2,19,20,21,22,24). The summed E-state index contributed by atoms with van der Waals surface area (Å²) < 4.78 is 1.36. The fourth-order valence-corrected chi connectivity index (χ4v) is 4.37. The normalized spacial score (nSPS) is 17.8. The molecule has 28 heavy (non-hydrogen) atoms. The maximum atomic E-state index is 13.3. The monoisotopic (exact) mass is 400 g/mol. The van der Waals surface area contributed by atoms with E-state index in [1.807, 2.05) is 0 Å². The number of aromatic amines is 1. The maximum Gasteiger partial charge on any atom is 0.293 e. The van der Waals surface area contributed by atoms with E-state index in [9.17, 15) is 9.59 Å². The van der Waals surface area contributed by atoms with Crippen LogP contribution in [0.25, 0.3) is 11.0 Å². The van der Waals surface area contributed by atoms with Gasteiger partial charge in [-0.1, -0.05) is 11.6 Å². The fraction of sp³-hybridized carbons (Fsp3) is 0.353. The largest absolute Gasteiger partial charge is 0.335 e. The van der Waals surface area contributed by atoms with E-state index in [4.69, 9.17) is 11.6 Å². The number of hydrogen-bond acceptors (Lipinski definition) is 7. The molecular weight excluding hydrogens is 384 g/mol. The smallest absolute Gasteiger partial charge is 0.293 e. The number of fused-ring (bicyclic) bond motifs is 2. The molecule has 1 spiro atoms. The Bertz CT molecular complexity index is 1160. The van der Waals surface area contributed by atoms with E-state index in [0.29, 0.717) is 16.9 Å². The number of nitrogens with zero attached hydrogens (tertiary/aromatic N) is 5. The quantitative estimate of drug-likeness (QED) is 0.595. The number of pyridine rings is 1. The predicted molar refractivity (Wildman–Crippen MR) is 103 cm³/mol. The molecule has 3 aromatic rings. The van der Waals surface area contributed by atoms with Crippen LogP contribution in [0.5, 0.6) is 0 Å². The fourth-order valence-electron chi connectivity index (χ4n) is 4.10. The van der Waals surface area contributed by atoms with Gasteiger partial charge >= 0.3 is 0 Å². The topological polar surface area (TPSA) is 121 Å². The van der Waals surface area contributed by atoms with Gasteiger partial charge in [0.15, 0.2) is 5.65 Å². The number of carbonyl (C=O) groups excluding carboxylic acids is 1. The Morgan fingerprint density at radius 3 is 2.82 bits per heavy atom. The summed E-state index contributed by atoms with van der Waals surface area (Å²) in [4.78, 5) is 34.3. The van der Waals surface area contributed by atoms with Gasteiger partial charge in [-0.25, -0.2) is 14.6 Å². The van der Waals surface area contributed by atoms with Crippen molar-refractivity contribution in [2.24, 2.45) is 0 Å². The van der Waals surface area contributed by atoms with Gasteiger partial charge in [0.05, 0.1) is 16.6 Å². The lowest BCUT2D eigenvalue weighted by atomic mass is 10.1. The molecule has 0 radical (unpaired) electrons. The van der Waals surface area contributed by atoms with Crippen LogP contribution in [0.2, 0.25) is 5.02 Å². The second kappa shape index (κ2) is 5.93. The van der Waals surface area contributed by atoms with Crippen LogP contribution in [0.15, 0.2) is 23.4 Å². The number of aromatic nitrogens is 5. The lowest BCUT2D eigenvalue weighted by Crippen LogP contribution is -2.68. The van der Waals surface area contributed by atoms with Crippen LogP contribution in [-0.4, -0.2) is 43.5 Å². The first kappa shape index (κ1) is 17.0. The molecule has 1 amide bonds. The average Bonchev–Trinajstić information content (AvgIpc) is 3.33. The molecule has 0 saturated heterocycles. The molecule has 0 atom stereocenters. The van der Waals surface area contributed by atoms with Crippen molar-refractivity contribution in [2.75, 3.05) is 17.4 Å². The second-order valence-corrected chi connectivity index (χ2v) is 7.47. The van der Waals surface area contributed by atoms with Crippen molar-refractivity contribution in [2.45, 2.75) is 31.3 Å². The van der Waals surface area contributed by atoms with Crippen molar-refractivity contribution in [3.8, 4) is 0 Å².